The monoisotopic (exact) mass is 473 g/mol. The van der Waals surface area contributed by atoms with Gasteiger partial charge in [-0.2, -0.15) is 0 Å². The van der Waals surface area contributed by atoms with Gasteiger partial charge in [0.05, 0.1) is 26.3 Å². The highest BCUT2D eigenvalue weighted by molar-refractivity contribution is 6.22. The Morgan fingerprint density at radius 3 is 2.29 bits per heavy atom. The van der Waals surface area contributed by atoms with E-state index in [9.17, 15) is 14.4 Å². The van der Waals surface area contributed by atoms with Crippen LogP contribution in [0.15, 0.2) is 78.9 Å². The van der Waals surface area contributed by atoms with Gasteiger partial charge in [0.15, 0.2) is 0 Å². The van der Waals surface area contributed by atoms with Crippen LogP contribution in [0.1, 0.15) is 12.0 Å². The molecule has 0 saturated carbocycles. The van der Waals surface area contributed by atoms with E-state index in [1.165, 1.54) is 12.0 Å². The highest BCUT2D eigenvalue weighted by atomic mass is 16.5. The average molecular weight is 474 g/mol. The first kappa shape index (κ1) is 23.8. The van der Waals surface area contributed by atoms with E-state index in [4.69, 9.17) is 9.47 Å². The number of urea groups is 1. The highest BCUT2D eigenvalue weighted by Crippen LogP contribution is 2.30. The number of hydrogen-bond acceptors (Lipinski definition) is 5. The summed E-state index contributed by atoms with van der Waals surface area (Å²) in [6.07, 6.45) is 0.369. The molecule has 0 radical (unpaired) electrons. The Hall–Kier alpha value is -4.33. The molecule has 3 aromatic carbocycles. The lowest BCUT2D eigenvalue weighted by molar-refractivity contribution is -0.124. The summed E-state index contributed by atoms with van der Waals surface area (Å²) in [4.78, 5) is 42.3. The van der Waals surface area contributed by atoms with E-state index >= 15 is 0 Å². The summed E-state index contributed by atoms with van der Waals surface area (Å²) in [5.41, 5.74) is 2.02. The third kappa shape index (κ3) is 5.43. The smallest absolute Gasteiger partial charge is 0.332 e. The zero-order valence-corrected chi connectivity index (χ0v) is 19.6. The number of methoxy groups -OCH3 is 2. The van der Waals surface area contributed by atoms with Crippen LogP contribution in [0.25, 0.3) is 0 Å². The first-order valence-electron chi connectivity index (χ1n) is 11.3. The van der Waals surface area contributed by atoms with Crippen LogP contribution in [0.2, 0.25) is 0 Å². The molecule has 180 valence electrons. The minimum atomic E-state index is -0.921. The van der Waals surface area contributed by atoms with Crippen molar-refractivity contribution in [1.29, 1.82) is 0 Å². The second-order valence-electron chi connectivity index (χ2n) is 8.08. The van der Waals surface area contributed by atoms with Crippen LogP contribution in [0.5, 0.6) is 11.5 Å². The summed E-state index contributed by atoms with van der Waals surface area (Å²) in [5, 5.41) is 2.80. The average Bonchev–Trinajstić information content (AvgIpc) is 3.11. The minimum absolute atomic E-state index is 0.150. The maximum Gasteiger partial charge on any atom is 0.332 e. The number of para-hydroxylation sites is 1. The molecule has 1 N–H and O–H groups in total. The van der Waals surface area contributed by atoms with Gasteiger partial charge in [0.25, 0.3) is 5.91 Å². The molecule has 0 aromatic heterocycles. The largest absolute Gasteiger partial charge is 0.497 e. The van der Waals surface area contributed by atoms with Crippen LogP contribution >= 0.6 is 0 Å². The van der Waals surface area contributed by atoms with E-state index in [0.717, 1.165) is 16.2 Å². The molecule has 1 fully saturated rings. The number of hydrogen-bond donors (Lipinski definition) is 1. The van der Waals surface area contributed by atoms with Gasteiger partial charge < -0.3 is 19.7 Å². The maximum absolute atomic E-state index is 13.4. The summed E-state index contributed by atoms with van der Waals surface area (Å²) >= 11 is 0. The molecule has 3 aromatic rings. The fourth-order valence-corrected chi connectivity index (χ4v) is 4.03. The van der Waals surface area contributed by atoms with Gasteiger partial charge in [-0.15, -0.1) is 0 Å². The number of benzene rings is 3. The van der Waals surface area contributed by atoms with E-state index < -0.39 is 18.0 Å². The van der Waals surface area contributed by atoms with Crippen molar-refractivity contribution in [2.75, 3.05) is 31.0 Å². The summed E-state index contributed by atoms with van der Waals surface area (Å²) in [6.45, 7) is 0.278. The van der Waals surface area contributed by atoms with E-state index in [1.54, 1.807) is 43.5 Å². The fraction of sp³-hybridized carbons (Fsp3) is 0.222. The molecular weight excluding hydrogens is 446 g/mol. The Morgan fingerprint density at radius 2 is 1.60 bits per heavy atom. The second kappa shape index (κ2) is 10.7. The Kier molecular flexibility index (Phi) is 7.30. The van der Waals surface area contributed by atoms with Crippen molar-refractivity contribution in [3.8, 4) is 11.5 Å². The second-order valence-corrected chi connectivity index (χ2v) is 8.08. The van der Waals surface area contributed by atoms with Crippen LogP contribution in [0.3, 0.4) is 0 Å². The van der Waals surface area contributed by atoms with E-state index in [2.05, 4.69) is 5.32 Å². The van der Waals surface area contributed by atoms with Crippen LogP contribution in [-0.4, -0.2) is 49.6 Å². The van der Waals surface area contributed by atoms with Gasteiger partial charge in [-0.25, -0.2) is 9.69 Å². The molecule has 4 amide bonds. The molecule has 4 rings (SSSR count). The SMILES string of the molecule is COc1ccc(CCN2C(=O)N(c3cccc(OC)c3)C(=O)[C@@H]2CC(=O)Nc2ccccc2)cc1. The fourth-order valence-electron chi connectivity index (χ4n) is 4.03. The predicted octanol–water partition coefficient (Wildman–Crippen LogP) is 4.11. The lowest BCUT2D eigenvalue weighted by atomic mass is 10.1. The van der Waals surface area contributed by atoms with Crippen molar-refractivity contribution in [1.82, 2.24) is 4.90 Å². The quantitative estimate of drug-likeness (QED) is 0.473. The topological polar surface area (TPSA) is 88.2 Å². The van der Waals surface area contributed by atoms with Crippen molar-refractivity contribution in [3.63, 3.8) is 0 Å². The number of imide groups is 1. The minimum Gasteiger partial charge on any atom is -0.497 e. The number of rotatable bonds is 9. The molecule has 0 bridgehead atoms. The van der Waals surface area contributed by atoms with Crippen molar-refractivity contribution in [2.45, 2.75) is 18.9 Å². The first-order valence-corrected chi connectivity index (χ1v) is 11.3. The van der Waals surface area contributed by atoms with Gasteiger partial charge in [0, 0.05) is 18.3 Å². The molecule has 0 unspecified atom stereocenters. The molecule has 35 heavy (non-hydrogen) atoms. The molecule has 1 saturated heterocycles. The zero-order chi connectivity index (χ0) is 24.8. The number of nitrogens with one attached hydrogen (secondary N) is 1. The van der Waals surface area contributed by atoms with Gasteiger partial charge >= 0.3 is 6.03 Å². The molecule has 8 nitrogen and oxygen atoms in total. The third-order valence-corrected chi connectivity index (χ3v) is 5.87. The van der Waals surface area contributed by atoms with Crippen molar-refractivity contribution in [3.05, 3.63) is 84.4 Å². The molecule has 1 atom stereocenters. The molecule has 0 spiro atoms. The Bertz CT molecular complexity index is 1200. The molecule has 8 heteroatoms. The highest BCUT2D eigenvalue weighted by Gasteiger charge is 2.46. The number of nitrogens with zero attached hydrogens (tertiary/aromatic N) is 2. The third-order valence-electron chi connectivity index (χ3n) is 5.87. The zero-order valence-electron chi connectivity index (χ0n) is 19.6. The van der Waals surface area contributed by atoms with Crippen LogP contribution in [-0.2, 0) is 16.0 Å². The van der Waals surface area contributed by atoms with E-state index in [1.807, 2.05) is 42.5 Å². The number of ether oxygens (including phenoxy) is 2. The normalized spacial score (nSPS) is 15.3. The Morgan fingerprint density at radius 1 is 0.886 bits per heavy atom. The van der Waals surface area contributed by atoms with Gasteiger partial charge in [-0.1, -0.05) is 36.4 Å². The van der Waals surface area contributed by atoms with Crippen LogP contribution in [0, 0.1) is 0 Å². The lowest BCUT2D eigenvalue weighted by Crippen LogP contribution is -2.39. The number of anilines is 2. The van der Waals surface area contributed by atoms with Gasteiger partial charge in [0.2, 0.25) is 5.91 Å². The number of carbonyl (C=O) groups excluding carboxylic acids is 3. The maximum atomic E-state index is 13.4. The lowest BCUT2D eigenvalue weighted by Gasteiger charge is -2.21. The van der Waals surface area contributed by atoms with Crippen LogP contribution in [0.4, 0.5) is 16.2 Å². The summed E-state index contributed by atoms with van der Waals surface area (Å²) < 4.78 is 10.5. The molecule has 1 aliphatic heterocycles. The van der Waals surface area contributed by atoms with Gasteiger partial charge in [-0.05, 0) is 48.4 Å². The summed E-state index contributed by atoms with van der Waals surface area (Å²) in [6, 6.07) is 21.9. The van der Waals surface area contributed by atoms with E-state index in [0.29, 0.717) is 23.5 Å². The van der Waals surface area contributed by atoms with Crippen LogP contribution < -0.4 is 19.7 Å². The molecule has 0 aliphatic carbocycles. The standard InChI is InChI=1S/C27H27N3O5/c1-34-22-13-11-19(12-14-22)15-16-29-24(18-25(31)28-20-7-4-3-5-8-20)26(32)30(27(29)33)21-9-6-10-23(17-21)35-2/h3-14,17,24H,15-16,18H2,1-2H3,(H,28,31)/t24-/m0/s1. The first-order chi connectivity index (χ1) is 17.0. The number of carbonyl (C=O) groups is 3. The van der Waals surface area contributed by atoms with Crippen molar-refractivity contribution >= 4 is 29.2 Å². The van der Waals surface area contributed by atoms with Crippen molar-refractivity contribution < 1.29 is 23.9 Å². The molecule has 1 aliphatic rings. The Labute approximate surface area is 204 Å². The molecular formula is C27H27N3O5. The van der Waals surface area contributed by atoms with Crippen molar-refractivity contribution in [2.24, 2.45) is 0 Å². The van der Waals surface area contributed by atoms with Gasteiger partial charge in [0.1, 0.15) is 17.5 Å². The summed E-state index contributed by atoms with van der Waals surface area (Å²) in [5.74, 6) is 0.476. The van der Waals surface area contributed by atoms with Gasteiger partial charge in [-0.3, -0.25) is 9.59 Å². The van der Waals surface area contributed by atoms with E-state index in [-0.39, 0.29) is 18.9 Å². The predicted molar refractivity (Wildman–Crippen MR) is 133 cm³/mol. The number of amides is 4. The molecule has 1 heterocycles. The summed E-state index contributed by atoms with van der Waals surface area (Å²) in [7, 11) is 3.12. The Balaban J connectivity index is 1.56.